The molecule has 6 nitrogen and oxygen atoms in total. The third-order valence-corrected chi connectivity index (χ3v) is 4.76. The van der Waals surface area contributed by atoms with Gasteiger partial charge in [0.2, 0.25) is 0 Å². The number of pyridine rings is 1. The first-order valence-corrected chi connectivity index (χ1v) is 8.91. The van der Waals surface area contributed by atoms with Crippen molar-refractivity contribution in [2.24, 2.45) is 5.10 Å². The number of phenols is 1. The minimum Gasteiger partial charge on any atom is -0.508 e. The average Bonchev–Trinajstić information content (AvgIpc) is 3.19. The first-order chi connectivity index (χ1) is 13.7. The summed E-state index contributed by atoms with van der Waals surface area (Å²) in [5, 5.41) is 16.4. The Morgan fingerprint density at radius 1 is 1.07 bits per heavy atom. The number of hydrogen-bond donors (Lipinski definition) is 1. The molecule has 140 valence electrons. The van der Waals surface area contributed by atoms with Gasteiger partial charge in [-0.25, -0.2) is 5.01 Å². The molecule has 1 aromatic heterocycles. The summed E-state index contributed by atoms with van der Waals surface area (Å²) in [5.74, 6) is 0.662. The van der Waals surface area contributed by atoms with E-state index in [1.165, 1.54) is 5.01 Å². The Kier molecular flexibility index (Phi) is 4.76. The van der Waals surface area contributed by atoms with Crippen LogP contribution in [0, 0.1) is 0 Å². The van der Waals surface area contributed by atoms with E-state index in [0.717, 1.165) is 17.0 Å². The SMILES string of the molecule is COc1ccc(C2=NN(C(=O)c3ccncc3)[C@H](c3ccccc3O)C2)cc1. The largest absolute Gasteiger partial charge is 0.508 e. The zero-order valence-electron chi connectivity index (χ0n) is 15.3. The lowest BCUT2D eigenvalue weighted by Crippen LogP contribution is -2.27. The topological polar surface area (TPSA) is 75.0 Å². The molecule has 1 N–H and O–H groups in total. The van der Waals surface area contributed by atoms with E-state index in [1.54, 1.807) is 43.8 Å². The second-order valence-corrected chi connectivity index (χ2v) is 6.44. The number of aromatic hydroxyl groups is 1. The summed E-state index contributed by atoms with van der Waals surface area (Å²) in [6.07, 6.45) is 3.65. The van der Waals surface area contributed by atoms with Gasteiger partial charge < -0.3 is 9.84 Å². The zero-order valence-corrected chi connectivity index (χ0v) is 15.3. The fraction of sp³-hybridized carbons (Fsp3) is 0.136. The van der Waals surface area contributed by atoms with Crippen molar-refractivity contribution in [2.45, 2.75) is 12.5 Å². The number of phenolic OH excluding ortho intramolecular Hbond substituents is 1. The molecule has 0 fully saturated rings. The van der Waals surface area contributed by atoms with Gasteiger partial charge in [0.1, 0.15) is 11.5 Å². The highest BCUT2D eigenvalue weighted by molar-refractivity contribution is 6.05. The van der Waals surface area contributed by atoms with Gasteiger partial charge in [-0.1, -0.05) is 18.2 Å². The minimum atomic E-state index is -0.390. The summed E-state index contributed by atoms with van der Waals surface area (Å²) in [6, 6.07) is 17.5. The van der Waals surface area contributed by atoms with Gasteiger partial charge in [0, 0.05) is 29.9 Å². The highest BCUT2D eigenvalue weighted by atomic mass is 16.5. The number of methoxy groups -OCH3 is 1. The van der Waals surface area contributed by atoms with Crippen LogP contribution >= 0.6 is 0 Å². The van der Waals surface area contributed by atoms with E-state index in [-0.39, 0.29) is 17.7 Å². The van der Waals surface area contributed by atoms with Crippen LogP contribution in [0.25, 0.3) is 0 Å². The van der Waals surface area contributed by atoms with Crippen molar-refractivity contribution in [3.63, 3.8) is 0 Å². The van der Waals surface area contributed by atoms with Gasteiger partial charge in [-0.3, -0.25) is 9.78 Å². The standard InChI is InChI=1S/C22H19N3O3/c1-28-17-8-6-15(7-9-17)19-14-20(18-4-2-3-5-21(18)26)25(24-19)22(27)16-10-12-23-13-11-16/h2-13,20,26H,14H2,1H3/t20-/m0/s1. The molecule has 4 rings (SSSR count). The fourth-order valence-corrected chi connectivity index (χ4v) is 3.29. The number of hydrazone groups is 1. The smallest absolute Gasteiger partial charge is 0.274 e. The van der Waals surface area contributed by atoms with Crippen LogP contribution < -0.4 is 4.74 Å². The van der Waals surface area contributed by atoms with Gasteiger partial charge in [0.05, 0.1) is 18.9 Å². The maximum absolute atomic E-state index is 13.1. The number of aromatic nitrogens is 1. The molecule has 28 heavy (non-hydrogen) atoms. The Bertz CT molecular complexity index is 1020. The number of carbonyl (C=O) groups is 1. The van der Waals surface area contributed by atoms with E-state index in [9.17, 15) is 9.90 Å². The number of nitrogens with zero attached hydrogens (tertiary/aromatic N) is 3. The molecule has 1 aliphatic rings. The fourth-order valence-electron chi connectivity index (χ4n) is 3.29. The molecule has 0 saturated carbocycles. The van der Waals surface area contributed by atoms with Gasteiger partial charge in [-0.2, -0.15) is 5.10 Å². The summed E-state index contributed by atoms with van der Waals surface area (Å²) in [7, 11) is 1.62. The monoisotopic (exact) mass is 373 g/mol. The average molecular weight is 373 g/mol. The van der Waals surface area contributed by atoms with Crippen LogP contribution in [-0.4, -0.2) is 33.8 Å². The highest BCUT2D eigenvalue weighted by Crippen LogP contribution is 2.37. The molecule has 0 bridgehead atoms. The van der Waals surface area contributed by atoms with Crippen LogP contribution in [0.2, 0.25) is 0 Å². The summed E-state index contributed by atoms with van der Waals surface area (Å²) >= 11 is 0. The molecule has 6 heteroatoms. The lowest BCUT2D eigenvalue weighted by atomic mass is 9.97. The van der Waals surface area contributed by atoms with E-state index in [2.05, 4.69) is 10.1 Å². The van der Waals surface area contributed by atoms with Crippen molar-refractivity contribution in [1.82, 2.24) is 9.99 Å². The number of para-hydroxylation sites is 1. The number of carbonyl (C=O) groups excluding carboxylic acids is 1. The van der Waals surface area contributed by atoms with Gasteiger partial charge in [0.15, 0.2) is 0 Å². The van der Waals surface area contributed by atoms with Crippen LogP contribution in [0.1, 0.15) is 33.9 Å². The second kappa shape index (κ2) is 7.52. The normalized spacial score (nSPS) is 16.0. The van der Waals surface area contributed by atoms with Crippen LogP contribution in [-0.2, 0) is 0 Å². The number of rotatable bonds is 4. The Labute approximate surface area is 162 Å². The number of hydrogen-bond acceptors (Lipinski definition) is 5. The molecule has 0 spiro atoms. The first-order valence-electron chi connectivity index (χ1n) is 8.91. The molecule has 1 atom stereocenters. The summed E-state index contributed by atoms with van der Waals surface area (Å²) in [5.41, 5.74) is 2.84. The molecule has 0 saturated heterocycles. The molecular weight excluding hydrogens is 354 g/mol. The molecular formula is C22H19N3O3. The lowest BCUT2D eigenvalue weighted by molar-refractivity contribution is 0.0709. The van der Waals surface area contributed by atoms with Crippen molar-refractivity contribution in [3.05, 3.63) is 89.7 Å². The number of benzene rings is 2. The van der Waals surface area contributed by atoms with Crippen molar-refractivity contribution in [1.29, 1.82) is 0 Å². The molecule has 1 amide bonds. The maximum Gasteiger partial charge on any atom is 0.274 e. The third kappa shape index (κ3) is 3.32. The maximum atomic E-state index is 13.1. The number of amides is 1. The van der Waals surface area contributed by atoms with E-state index >= 15 is 0 Å². The first kappa shape index (κ1) is 17.7. The highest BCUT2D eigenvalue weighted by Gasteiger charge is 2.35. The van der Waals surface area contributed by atoms with Crippen molar-refractivity contribution in [2.75, 3.05) is 7.11 Å². The Hall–Kier alpha value is -3.67. The third-order valence-electron chi connectivity index (χ3n) is 4.76. The van der Waals surface area contributed by atoms with Crippen molar-refractivity contribution in [3.8, 4) is 11.5 Å². The summed E-state index contributed by atoms with van der Waals surface area (Å²) < 4.78 is 5.21. The molecule has 1 aliphatic heterocycles. The Morgan fingerprint density at radius 3 is 2.46 bits per heavy atom. The van der Waals surface area contributed by atoms with Gasteiger partial charge in [0.25, 0.3) is 5.91 Å². The zero-order chi connectivity index (χ0) is 19.5. The van der Waals surface area contributed by atoms with E-state index < -0.39 is 0 Å². The van der Waals surface area contributed by atoms with Gasteiger partial charge >= 0.3 is 0 Å². The van der Waals surface area contributed by atoms with E-state index in [0.29, 0.717) is 17.5 Å². The molecule has 3 aromatic rings. The molecule has 0 radical (unpaired) electrons. The van der Waals surface area contributed by atoms with Crippen LogP contribution in [0.15, 0.2) is 78.2 Å². The summed E-state index contributed by atoms with van der Waals surface area (Å²) in [4.78, 5) is 17.1. The van der Waals surface area contributed by atoms with Crippen LogP contribution in [0.5, 0.6) is 11.5 Å². The quantitative estimate of drug-likeness (QED) is 0.755. The molecule has 2 heterocycles. The Balaban J connectivity index is 1.73. The molecule has 0 unspecified atom stereocenters. The van der Waals surface area contributed by atoms with Crippen LogP contribution in [0.3, 0.4) is 0 Å². The Morgan fingerprint density at radius 2 is 1.79 bits per heavy atom. The number of ether oxygens (including phenoxy) is 1. The molecule has 0 aliphatic carbocycles. The lowest BCUT2D eigenvalue weighted by Gasteiger charge is -2.22. The van der Waals surface area contributed by atoms with Crippen molar-refractivity contribution < 1.29 is 14.6 Å². The van der Waals surface area contributed by atoms with Gasteiger partial charge in [-0.05, 0) is 48.0 Å². The van der Waals surface area contributed by atoms with Gasteiger partial charge in [-0.15, -0.1) is 0 Å². The summed E-state index contributed by atoms with van der Waals surface area (Å²) in [6.45, 7) is 0. The van der Waals surface area contributed by atoms with E-state index in [1.807, 2.05) is 36.4 Å². The predicted octanol–water partition coefficient (Wildman–Crippen LogP) is 3.79. The molecule has 2 aromatic carbocycles. The predicted molar refractivity (Wildman–Crippen MR) is 105 cm³/mol. The van der Waals surface area contributed by atoms with E-state index in [4.69, 9.17) is 4.74 Å². The minimum absolute atomic E-state index is 0.145. The van der Waals surface area contributed by atoms with Crippen LogP contribution in [0.4, 0.5) is 0 Å². The van der Waals surface area contributed by atoms with Crippen molar-refractivity contribution >= 4 is 11.6 Å². The second-order valence-electron chi connectivity index (χ2n) is 6.44.